The molecule has 4 aromatic rings. The molecule has 4 rings (SSSR count). The molecule has 0 aliphatic heterocycles. The number of hydrogen-bond acceptors (Lipinski definition) is 6. The first-order valence-electron chi connectivity index (χ1n) is 8.48. The van der Waals surface area contributed by atoms with Crippen LogP contribution in [0.2, 0.25) is 0 Å². The van der Waals surface area contributed by atoms with E-state index in [1.807, 2.05) is 6.92 Å². The molecule has 2 aromatic heterocycles. The van der Waals surface area contributed by atoms with Crippen LogP contribution in [0.25, 0.3) is 33.7 Å². The third-order valence-electron chi connectivity index (χ3n) is 4.34. The molecule has 0 aliphatic rings. The van der Waals surface area contributed by atoms with E-state index in [9.17, 15) is 9.90 Å². The van der Waals surface area contributed by atoms with Gasteiger partial charge in [-0.15, -0.1) is 0 Å². The third-order valence-corrected chi connectivity index (χ3v) is 4.34. The molecule has 0 aliphatic carbocycles. The molecular weight excluding hydrogens is 346 g/mol. The normalized spacial score (nSPS) is 11.0. The summed E-state index contributed by atoms with van der Waals surface area (Å²) in [5.41, 5.74) is 0.912. The quantitative estimate of drug-likeness (QED) is 0.598. The summed E-state index contributed by atoms with van der Waals surface area (Å²) in [5.74, 6) is 0.868. The van der Waals surface area contributed by atoms with Crippen LogP contribution < -0.4 is 10.3 Å². The molecule has 2 aromatic carbocycles. The standard InChI is InChI=1S/C20H17N3O4/c1-3-26-13-10-8-12(9-11-13)18-21-19(27-22-18)16-17(24)14-6-4-5-7-15(14)23(2)20(16)25/h4-11,24H,3H2,1-2H3. The van der Waals surface area contributed by atoms with Crippen molar-refractivity contribution in [2.75, 3.05) is 6.61 Å². The number of nitrogens with zero attached hydrogens (tertiary/aromatic N) is 3. The predicted molar refractivity (Wildman–Crippen MR) is 101 cm³/mol. The second-order valence-electron chi connectivity index (χ2n) is 5.99. The lowest BCUT2D eigenvalue weighted by atomic mass is 10.1. The summed E-state index contributed by atoms with van der Waals surface area (Å²) in [6.07, 6.45) is 0. The van der Waals surface area contributed by atoms with Crippen molar-refractivity contribution in [2.24, 2.45) is 7.05 Å². The number of aromatic hydroxyl groups is 1. The van der Waals surface area contributed by atoms with E-state index in [-0.39, 0.29) is 17.2 Å². The highest BCUT2D eigenvalue weighted by atomic mass is 16.5. The van der Waals surface area contributed by atoms with E-state index in [0.717, 1.165) is 5.75 Å². The first kappa shape index (κ1) is 16.8. The van der Waals surface area contributed by atoms with Crippen LogP contribution in [-0.4, -0.2) is 26.4 Å². The Morgan fingerprint density at radius 1 is 1.15 bits per heavy atom. The van der Waals surface area contributed by atoms with Gasteiger partial charge >= 0.3 is 0 Å². The van der Waals surface area contributed by atoms with Gasteiger partial charge in [-0.25, -0.2) is 0 Å². The number of aromatic nitrogens is 3. The van der Waals surface area contributed by atoms with Gasteiger partial charge in [-0.1, -0.05) is 17.3 Å². The van der Waals surface area contributed by atoms with Gasteiger partial charge in [0, 0.05) is 18.0 Å². The van der Waals surface area contributed by atoms with E-state index in [4.69, 9.17) is 9.26 Å². The zero-order valence-electron chi connectivity index (χ0n) is 14.8. The van der Waals surface area contributed by atoms with E-state index in [1.54, 1.807) is 55.6 Å². The van der Waals surface area contributed by atoms with Crippen LogP contribution in [0.4, 0.5) is 0 Å². The molecular formula is C20H17N3O4. The molecule has 0 saturated carbocycles. The van der Waals surface area contributed by atoms with E-state index in [1.165, 1.54) is 4.57 Å². The van der Waals surface area contributed by atoms with E-state index < -0.39 is 5.56 Å². The molecule has 2 heterocycles. The Morgan fingerprint density at radius 3 is 2.63 bits per heavy atom. The number of aryl methyl sites for hydroxylation is 1. The Morgan fingerprint density at radius 2 is 1.89 bits per heavy atom. The van der Waals surface area contributed by atoms with Crippen molar-refractivity contribution in [2.45, 2.75) is 6.92 Å². The number of fused-ring (bicyclic) bond motifs is 1. The highest BCUT2D eigenvalue weighted by Crippen LogP contribution is 2.32. The van der Waals surface area contributed by atoms with Crippen molar-refractivity contribution in [1.29, 1.82) is 0 Å². The fourth-order valence-electron chi connectivity index (χ4n) is 2.98. The SMILES string of the molecule is CCOc1ccc(-c2noc(-c3c(O)c4ccccc4n(C)c3=O)n2)cc1. The highest BCUT2D eigenvalue weighted by molar-refractivity contribution is 5.90. The van der Waals surface area contributed by atoms with Crippen LogP contribution in [0.15, 0.2) is 57.8 Å². The van der Waals surface area contributed by atoms with Gasteiger partial charge in [0.05, 0.1) is 12.1 Å². The van der Waals surface area contributed by atoms with Gasteiger partial charge in [0.25, 0.3) is 11.4 Å². The Bertz CT molecular complexity index is 1180. The largest absolute Gasteiger partial charge is 0.506 e. The monoisotopic (exact) mass is 363 g/mol. The molecule has 7 heteroatoms. The number of hydrogen-bond donors (Lipinski definition) is 1. The van der Waals surface area contributed by atoms with Gasteiger partial charge in [-0.3, -0.25) is 4.79 Å². The minimum Gasteiger partial charge on any atom is -0.506 e. The van der Waals surface area contributed by atoms with Crippen molar-refractivity contribution in [3.05, 3.63) is 58.9 Å². The summed E-state index contributed by atoms with van der Waals surface area (Å²) in [5, 5.41) is 15.1. The Hall–Kier alpha value is -3.61. The van der Waals surface area contributed by atoms with Gasteiger partial charge < -0.3 is 18.9 Å². The van der Waals surface area contributed by atoms with E-state index >= 15 is 0 Å². The molecule has 1 N–H and O–H groups in total. The molecule has 136 valence electrons. The summed E-state index contributed by atoms with van der Waals surface area (Å²) >= 11 is 0. The zero-order chi connectivity index (χ0) is 19.0. The van der Waals surface area contributed by atoms with Gasteiger partial charge in [-0.05, 0) is 43.3 Å². The molecule has 0 unspecified atom stereocenters. The Labute approximate surface area is 154 Å². The maximum absolute atomic E-state index is 12.7. The fraction of sp³-hybridized carbons (Fsp3) is 0.150. The topological polar surface area (TPSA) is 90.4 Å². The summed E-state index contributed by atoms with van der Waals surface area (Å²) < 4.78 is 12.1. The van der Waals surface area contributed by atoms with Crippen LogP contribution >= 0.6 is 0 Å². The summed E-state index contributed by atoms with van der Waals surface area (Å²) in [6, 6.07) is 14.3. The van der Waals surface area contributed by atoms with Gasteiger partial charge in [0.1, 0.15) is 17.1 Å². The van der Waals surface area contributed by atoms with Crippen LogP contribution in [0.1, 0.15) is 6.92 Å². The van der Waals surface area contributed by atoms with E-state index in [2.05, 4.69) is 10.1 Å². The number of benzene rings is 2. The first-order valence-corrected chi connectivity index (χ1v) is 8.48. The lowest BCUT2D eigenvalue weighted by Gasteiger charge is -2.09. The maximum Gasteiger partial charge on any atom is 0.267 e. The Kier molecular flexibility index (Phi) is 4.12. The number of para-hydroxylation sites is 1. The van der Waals surface area contributed by atoms with Gasteiger partial charge in [0.2, 0.25) is 5.82 Å². The zero-order valence-corrected chi connectivity index (χ0v) is 14.8. The number of ether oxygens (including phenoxy) is 1. The lowest BCUT2D eigenvalue weighted by Crippen LogP contribution is -2.19. The number of pyridine rings is 1. The maximum atomic E-state index is 12.7. The van der Waals surface area contributed by atoms with Crippen LogP contribution in [0.3, 0.4) is 0 Å². The van der Waals surface area contributed by atoms with E-state index in [0.29, 0.717) is 28.9 Å². The molecule has 0 fully saturated rings. The smallest absolute Gasteiger partial charge is 0.267 e. The van der Waals surface area contributed by atoms with Gasteiger partial charge in [-0.2, -0.15) is 4.98 Å². The molecule has 27 heavy (non-hydrogen) atoms. The molecule has 0 bridgehead atoms. The van der Waals surface area contributed by atoms with Crippen molar-refractivity contribution in [3.63, 3.8) is 0 Å². The molecule has 0 spiro atoms. The minimum atomic E-state index is -0.409. The summed E-state index contributed by atoms with van der Waals surface area (Å²) in [7, 11) is 1.64. The van der Waals surface area contributed by atoms with Crippen molar-refractivity contribution in [1.82, 2.24) is 14.7 Å². The average Bonchev–Trinajstić information content (AvgIpc) is 3.17. The molecule has 0 saturated heterocycles. The summed E-state index contributed by atoms with van der Waals surface area (Å²) in [4.78, 5) is 17.0. The molecule has 0 radical (unpaired) electrons. The summed E-state index contributed by atoms with van der Waals surface area (Å²) in [6.45, 7) is 2.49. The molecule has 0 amide bonds. The minimum absolute atomic E-state index is 0.0131. The molecule has 7 nitrogen and oxygen atoms in total. The van der Waals surface area contributed by atoms with Crippen molar-refractivity contribution >= 4 is 10.9 Å². The second-order valence-corrected chi connectivity index (χ2v) is 5.99. The van der Waals surface area contributed by atoms with Crippen LogP contribution in [0.5, 0.6) is 11.5 Å². The lowest BCUT2D eigenvalue weighted by molar-refractivity contribution is 0.340. The predicted octanol–water partition coefficient (Wildman–Crippen LogP) is 3.36. The van der Waals surface area contributed by atoms with Crippen molar-refractivity contribution < 1.29 is 14.4 Å². The van der Waals surface area contributed by atoms with Gasteiger partial charge in [0.15, 0.2) is 0 Å². The average molecular weight is 363 g/mol. The Balaban J connectivity index is 1.81. The van der Waals surface area contributed by atoms with Crippen molar-refractivity contribution in [3.8, 4) is 34.3 Å². The third kappa shape index (κ3) is 2.83. The van der Waals surface area contributed by atoms with Crippen LogP contribution in [-0.2, 0) is 7.05 Å². The second kappa shape index (κ2) is 6.60. The van der Waals surface area contributed by atoms with Crippen LogP contribution in [0, 0.1) is 0 Å². The molecule has 0 atom stereocenters. The highest BCUT2D eigenvalue weighted by Gasteiger charge is 2.22. The fourth-order valence-corrected chi connectivity index (χ4v) is 2.98. The number of rotatable bonds is 4. The first-order chi connectivity index (χ1) is 13.1.